The van der Waals surface area contributed by atoms with Gasteiger partial charge in [-0.05, 0) is 29.7 Å². The summed E-state index contributed by atoms with van der Waals surface area (Å²) in [7, 11) is 3.97. The van der Waals surface area contributed by atoms with E-state index in [9.17, 15) is 9.59 Å². The number of amides is 1. The number of carbonyl (C=O) groups excluding carboxylic acids is 1. The predicted molar refractivity (Wildman–Crippen MR) is 109 cm³/mol. The Bertz CT molecular complexity index is 860. The van der Waals surface area contributed by atoms with Gasteiger partial charge in [0.2, 0.25) is 5.91 Å². The molecule has 2 aromatic rings. The average Bonchev–Trinajstić information content (AvgIpc) is 3.14. The maximum Gasteiger partial charge on any atom is 0.303 e. The normalized spacial score (nSPS) is 16.0. The van der Waals surface area contributed by atoms with E-state index in [2.05, 4.69) is 5.10 Å². The number of nitrogens with zero attached hydrogens (tertiary/aromatic N) is 3. The Labute approximate surface area is 165 Å². The summed E-state index contributed by atoms with van der Waals surface area (Å²) in [5.41, 5.74) is 3.98. The van der Waals surface area contributed by atoms with Crippen LogP contribution < -0.4 is 4.90 Å². The highest BCUT2D eigenvalue weighted by atomic mass is 16.4. The molecule has 2 aromatic carbocycles. The zero-order chi connectivity index (χ0) is 20.1. The number of benzene rings is 2. The van der Waals surface area contributed by atoms with Gasteiger partial charge in [-0.1, -0.05) is 42.5 Å². The van der Waals surface area contributed by atoms with Crippen LogP contribution in [0.5, 0.6) is 0 Å². The quantitative estimate of drug-likeness (QED) is 0.796. The van der Waals surface area contributed by atoms with Crippen molar-refractivity contribution in [2.75, 3.05) is 19.0 Å². The fourth-order valence-corrected chi connectivity index (χ4v) is 3.30. The number of carboxylic acids is 1. The Morgan fingerprint density at radius 2 is 1.75 bits per heavy atom. The van der Waals surface area contributed by atoms with Crippen LogP contribution in [0.15, 0.2) is 59.7 Å². The van der Waals surface area contributed by atoms with E-state index >= 15 is 0 Å². The summed E-state index contributed by atoms with van der Waals surface area (Å²) in [5, 5.41) is 15.0. The molecule has 146 valence electrons. The highest BCUT2D eigenvalue weighted by Crippen LogP contribution is 2.34. The summed E-state index contributed by atoms with van der Waals surface area (Å²) in [6.45, 7) is 0. The second-order valence-electron chi connectivity index (χ2n) is 7.10. The van der Waals surface area contributed by atoms with Gasteiger partial charge in [0.1, 0.15) is 0 Å². The minimum atomic E-state index is -0.890. The molecule has 1 N–H and O–H groups in total. The fraction of sp³-hybridized carbons (Fsp3) is 0.318. The van der Waals surface area contributed by atoms with Gasteiger partial charge in [0.25, 0.3) is 0 Å². The van der Waals surface area contributed by atoms with Crippen LogP contribution in [0.4, 0.5) is 5.69 Å². The third-order valence-corrected chi connectivity index (χ3v) is 4.85. The molecule has 0 radical (unpaired) electrons. The Morgan fingerprint density at radius 1 is 1.07 bits per heavy atom. The van der Waals surface area contributed by atoms with Crippen molar-refractivity contribution in [3.8, 4) is 0 Å². The van der Waals surface area contributed by atoms with E-state index in [1.165, 1.54) is 5.01 Å². The SMILES string of the molecule is CN(C)c1ccc([C@@H]2CC(c3ccccc3)=NN2C(=O)CCCC(=O)O)cc1. The molecule has 6 heteroatoms. The summed E-state index contributed by atoms with van der Waals surface area (Å²) in [4.78, 5) is 25.6. The van der Waals surface area contributed by atoms with Crippen molar-refractivity contribution in [1.82, 2.24) is 5.01 Å². The van der Waals surface area contributed by atoms with Crippen molar-refractivity contribution in [2.45, 2.75) is 31.7 Å². The van der Waals surface area contributed by atoms with Gasteiger partial charge in [-0.2, -0.15) is 5.10 Å². The molecule has 0 unspecified atom stereocenters. The smallest absolute Gasteiger partial charge is 0.303 e. The van der Waals surface area contributed by atoms with E-state index in [1.54, 1.807) is 0 Å². The monoisotopic (exact) mass is 379 g/mol. The minimum absolute atomic E-state index is 0.0168. The summed E-state index contributed by atoms with van der Waals surface area (Å²) in [5.74, 6) is -1.03. The lowest BCUT2D eigenvalue weighted by atomic mass is 9.98. The number of hydrogen-bond acceptors (Lipinski definition) is 4. The van der Waals surface area contributed by atoms with E-state index in [-0.39, 0.29) is 24.8 Å². The second-order valence-corrected chi connectivity index (χ2v) is 7.10. The van der Waals surface area contributed by atoms with E-state index in [0.29, 0.717) is 12.8 Å². The Balaban J connectivity index is 1.84. The van der Waals surface area contributed by atoms with Crippen molar-refractivity contribution in [3.63, 3.8) is 0 Å². The van der Waals surface area contributed by atoms with Crippen molar-refractivity contribution < 1.29 is 14.7 Å². The third-order valence-electron chi connectivity index (χ3n) is 4.85. The molecule has 0 saturated heterocycles. The van der Waals surface area contributed by atoms with Gasteiger partial charge in [-0.3, -0.25) is 9.59 Å². The van der Waals surface area contributed by atoms with Crippen molar-refractivity contribution in [2.24, 2.45) is 5.10 Å². The first kappa shape index (κ1) is 19.6. The van der Waals surface area contributed by atoms with Crippen molar-refractivity contribution in [3.05, 3.63) is 65.7 Å². The highest BCUT2D eigenvalue weighted by molar-refractivity contribution is 6.03. The van der Waals surface area contributed by atoms with E-state index in [4.69, 9.17) is 5.11 Å². The lowest BCUT2D eigenvalue weighted by Gasteiger charge is -2.23. The van der Waals surface area contributed by atoms with Gasteiger partial charge >= 0.3 is 5.97 Å². The molecule has 0 aromatic heterocycles. The van der Waals surface area contributed by atoms with Gasteiger partial charge < -0.3 is 10.0 Å². The lowest BCUT2D eigenvalue weighted by molar-refractivity contribution is -0.137. The highest BCUT2D eigenvalue weighted by Gasteiger charge is 2.32. The largest absolute Gasteiger partial charge is 0.481 e. The molecule has 1 heterocycles. The zero-order valence-corrected chi connectivity index (χ0v) is 16.2. The van der Waals surface area contributed by atoms with Crippen molar-refractivity contribution in [1.29, 1.82) is 0 Å². The molecule has 0 aliphatic carbocycles. The van der Waals surface area contributed by atoms with E-state index in [0.717, 1.165) is 22.5 Å². The molecule has 1 aliphatic rings. The molecule has 0 saturated carbocycles. The molecule has 28 heavy (non-hydrogen) atoms. The van der Waals surface area contributed by atoms with Crippen LogP contribution in [-0.2, 0) is 9.59 Å². The first-order valence-corrected chi connectivity index (χ1v) is 9.39. The van der Waals surface area contributed by atoms with Crippen LogP contribution in [0.3, 0.4) is 0 Å². The molecule has 1 aliphatic heterocycles. The van der Waals surface area contributed by atoms with Gasteiger partial charge in [0.15, 0.2) is 0 Å². The molecule has 0 spiro atoms. The second kappa shape index (κ2) is 8.69. The van der Waals surface area contributed by atoms with Crippen LogP contribution in [0.25, 0.3) is 0 Å². The zero-order valence-electron chi connectivity index (χ0n) is 16.2. The number of carboxylic acid groups (broad SMARTS) is 1. The molecule has 3 rings (SSSR count). The molecule has 0 fully saturated rings. The number of aliphatic carboxylic acids is 1. The first-order valence-electron chi connectivity index (χ1n) is 9.39. The summed E-state index contributed by atoms with van der Waals surface area (Å²) in [6, 6.07) is 17.8. The van der Waals surface area contributed by atoms with Crippen LogP contribution in [0.2, 0.25) is 0 Å². The van der Waals surface area contributed by atoms with Gasteiger partial charge in [-0.15, -0.1) is 0 Å². The summed E-state index contributed by atoms with van der Waals surface area (Å²) >= 11 is 0. The third kappa shape index (κ3) is 4.57. The van der Waals surface area contributed by atoms with Gasteiger partial charge in [0, 0.05) is 39.0 Å². The molecule has 0 bridgehead atoms. The summed E-state index contributed by atoms with van der Waals surface area (Å²) < 4.78 is 0. The van der Waals surface area contributed by atoms with E-state index in [1.807, 2.05) is 73.6 Å². The standard InChI is InChI=1S/C22H25N3O3/c1-24(2)18-13-11-17(12-14-18)20-15-19(16-7-4-3-5-8-16)23-25(20)21(26)9-6-10-22(27)28/h3-5,7-8,11-14,20H,6,9-10,15H2,1-2H3,(H,27,28)/t20-/m0/s1. The van der Waals surface area contributed by atoms with Crippen LogP contribution >= 0.6 is 0 Å². The molecular formula is C22H25N3O3. The fourth-order valence-electron chi connectivity index (χ4n) is 3.30. The lowest BCUT2D eigenvalue weighted by Crippen LogP contribution is -2.27. The number of hydrazone groups is 1. The van der Waals surface area contributed by atoms with Crippen LogP contribution in [0.1, 0.15) is 42.9 Å². The van der Waals surface area contributed by atoms with E-state index < -0.39 is 5.97 Å². The first-order chi connectivity index (χ1) is 13.5. The summed E-state index contributed by atoms with van der Waals surface area (Å²) in [6.07, 6.45) is 1.10. The number of rotatable bonds is 7. The van der Waals surface area contributed by atoms with Gasteiger partial charge in [0.05, 0.1) is 11.8 Å². The maximum absolute atomic E-state index is 12.8. The van der Waals surface area contributed by atoms with Crippen LogP contribution in [-0.4, -0.2) is 41.8 Å². The molecule has 1 amide bonds. The Hall–Kier alpha value is -3.15. The number of anilines is 1. The van der Waals surface area contributed by atoms with Crippen LogP contribution in [0, 0.1) is 0 Å². The topological polar surface area (TPSA) is 73.2 Å². The Morgan fingerprint density at radius 3 is 2.36 bits per heavy atom. The van der Waals surface area contributed by atoms with Crippen molar-refractivity contribution >= 4 is 23.3 Å². The van der Waals surface area contributed by atoms with Gasteiger partial charge in [-0.25, -0.2) is 5.01 Å². The number of carbonyl (C=O) groups is 2. The molecule has 6 nitrogen and oxygen atoms in total. The average molecular weight is 379 g/mol. The maximum atomic E-state index is 12.8. The minimum Gasteiger partial charge on any atom is -0.481 e. The molecule has 1 atom stereocenters. The predicted octanol–water partition coefficient (Wildman–Crippen LogP) is 3.69. The number of hydrogen-bond donors (Lipinski definition) is 1. The Kier molecular flexibility index (Phi) is 6.09. The molecular weight excluding hydrogens is 354 g/mol.